The van der Waals surface area contributed by atoms with Crippen LogP contribution in [-0.2, 0) is 0 Å². The molecule has 4 heteroatoms. The van der Waals surface area contributed by atoms with Gasteiger partial charge in [0, 0.05) is 19.2 Å². The minimum absolute atomic E-state index is 0.816. The van der Waals surface area contributed by atoms with E-state index in [1.54, 1.807) is 6.20 Å². The molecule has 0 aliphatic carbocycles. The molecule has 0 atom stereocenters. The SMILES string of the molecule is CCNc1cnnc(NCC)c1. The van der Waals surface area contributed by atoms with E-state index in [0.29, 0.717) is 0 Å². The van der Waals surface area contributed by atoms with Gasteiger partial charge in [0.1, 0.15) is 0 Å². The van der Waals surface area contributed by atoms with Crippen LogP contribution in [0, 0.1) is 0 Å². The van der Waals surface area contributed by atoms with Gasteiger partial charge >= 0.3 is 0 Å². The van der Waals surface area contributed by atoms with Crippen LogP contribution in [0.15, 0.2) is 12.3 Å². The van der Waals surface area contributed by atoms with E-state index < -0.39 is 0 Å². The molecule has 0 saturated carbocycles. The van der Waals surface area contributed by atoms with E-state index in [1.807, 2.05) is 19.9 Å². The van der Waals surface area contributed by atoms with Gasteiger partial charge in [-0.2, -0.15) is 5.10 Å². The highest BCUT2D eigenvalue weighted by Crippen LogP contribution is 2.08. The molecule has 0 unspecified atom stereocenters. The van der Waals surface area contributed by atoms with Gasteiger partial charge in [-0.3, -0.25) is 0 Å². The molecule has 0 aromatic carbocycles. The van der Waals surface area contributed by atoms with Crippen LogP contribution >= 0.6 is 0 Å². The van der Waals surface area contributed by atoms with Gasteiger partial charge in [-0.05, 0) is 13.8 Å². The minimum Gasteiger partial charge on any atom is -0.384 e. The van der Waals surface area contributed by atoms with Crippen LogP contribution in [-0.4, -0.2) is 23.3 Å². The van der Waals surface area contributed by atoms with Crippen LogP contribution < -0.4 is 10.6 Å². The monoisotopic (exact) mass is 166 g/mol. The summed E-state index contributed by atoms with van der Waals surface area (Å²) < 4.78 is 0. The van der Waals surface area contributed by atoms with Crippen LogP contribution in [0.5, 0.6) is 0 Å². The third kappa shape index (κ3) is 2.38. The van der Waals surface area contributed by atoms with Crippen LogP contribution in [0.3, 0.4) is 0 Å². The lowest BCUT2D eigenvalue weighted by molar-refractivity contribution is 1.01. The summed E-state index contributed by atoms with van der Waals surface area (Å²) in [4.78, 5) is 0. The molecule has 0 aliphatic heterocycles. The second-order valence-corrected chi connectivity index (χ2v) is 2.39. The van der Waals surface area contributed by atoms with Gasteiger partial charge in [-0.15, -0.1) is 5.10 Å². The molecule has 12 heavy (non-hydrogen) atoms. The van der Waals surface area contributed by atoms with E-state index in [-0.39, 0.29) is 0 Å². The second-order valence-electron chi connectivity index (χ2n) is 2.39. The summed E-state index contributed by atoms with van der Waals surface area (Å²) in [5.41, 5.74) is 1.00. The molecule has 66 valence electrons. The maximum Gasteiger partial charge on any atom is 0.150 e. The molecule has 0 spiro atoms. The molecule has 1 aromatic heterocycles. The fourth-order valence-corrected chi connectivity index (χ4v) is 0.935. The summed E-state index contributed by atoms with van der Waals surface area (Å²) in [5.74, 6) is 0.816. The lowest BCUT2D eigenvalue weighted by atomic mass is 10.4. The molecule has 0 amide bonds. The van der Waals surface area contributed by atoms with Crippen LogP contribution in [0.1, 0.15) is 13.8 Å². The van der Waals surface area contributed by atoms with Gasteiger partial charge in [-0.25, -0.2) is 0 Å². The lowest BCUT2D eigenvalue weighted by Crippen LogP contribution is -2.03. The van der Waals surface area contributed by atoms with E-state index in [2.05, 4.69) is 20.8 Å². The van der Waals surface area contributed by atoms with Gasteiger partial charge in [-0.1, -0.05) is 0 Å². The van der Waals surface area contributed by atoms with Crippen molar-refractivity contribution in [2.24, 2.45) is 0 Å². The molecular weight excluding hydrogens is 152 g/mol. The zero-order valence-electron chi connectivity index (χ0n) is 7.46. The van der Waals surface area contributed by atoms with Crippen LogP contribution in [0.25, 0.3) is 0 Å². The average molecular weight is 166 g/mol. The highest BCUT2D eigenvalue weighted by Gasteiger charge is 1.94. The first-order valence-corrected chi connectivity index (χ1v) is 4.17. The van der Waals surface area contributed by atoms with E-state index in [0.717, 1.165) is 24.6 Å². The van der Waals surface area contributed by atoms with E-state index in [9.17, 15) is 0 Å². The average Bonchev–Trinajstić information content (AvgIpc) is 2.06. The van der Waals surface area contributed by atoms with Crippen molar-refractivity contribution in [1.29, 1.82) is 0 Å². The van der Waals surface area contributed by atoms with Crippen molar-refractivity contribution in [3.05, 3.63) is 12.3 Å². The Hall–Kier alpha value is -1.32. The number of nitrogens with one attached hydrogen (secondary N) is 2. The Kier molecular flexibility index (Phi) is 3.32. The predicted molar refractivity (Wildman–Crippen MR) is 50.4 cm³/mol. The van der Waals surface area contributed by atoms with E-state index in [1.165, 1.54) is 0 Å². The lowest BCUT2D eigenvalue weighted by Gasteiger charge is -2.04. The zero-order valence-corrected chi connectivity index (χ0v) is 7.46. The number of aromatic nitrogens is 2. The Morgan fingerprint density at radius 2 is 2.00 bits per heavy atom. The summed E-state index contributed by atoms with van der Waals surface area (Å²) in [5, 5.41) is 14.0. The number of nitrogens with zero attached hydrogens (tertiary/aromatic N) is 2. The topological polar surface area (TPSA) is 49.8 Å². The normalized spacial score (nSPS) is 9.50. The molecule has 2 N–H and O–H groups in total. The molecule has 1 aromatic rings. The maximum atomic E-state index is 3.91. The van der Waals surface area contributed by atoms with Crippen molar-refractivity contribution in [2.75, 3.05) is 23.7 Å². The van der Waals surface area contributed by atoms with Crippen LogP contribution in [0.2, 0.25) is 0 Å². The molecule has 0 saturated heterocycles. The van der Waals surface area contributed by atoms with Crippen LogP contribution in [0.4, 0.5) is 11.5 Å². The maximum absolute atomic E-state index is 3.91. The first kappa shape index (κ1) is 8.77. The molecule has 0 bridgehead atoms. The first-order chi connectivity index (χ1) is 5.86. The number of rotatable bonds is 4. The summed E-state index contributed by atoms with van der Waals surface area (Å²) in [7, 11) is 0. The molecule has 0 aliphatic rings. The Morgan fingerprint density at radius 1 is 1.25 bits per heavy atom. The van der Waals surface area contributed by atoms with Crippen molar-refractivity contribution < 1.29 is 0 Å². The van der Waals surface area contributed by atoms with Gasteiger partial charge in [0.2, 0.25) is 0 Å². The third-order valence-corrected chi connectivity index (χ3v) is 1.39. The van der Waals surface area contributed by atoms with Gasteiger partial charge in [0.05, 0.1) is 11.9 Å². The summed E-state index contributed by atoms with van der Waals surface area (Å²) >= 11 is 0. The standard InChI is InChI=1S/C8H14N4/c1-3-9-7-5-8(10-4-2)12-11-6-7/h5-6H,3-4H2,1-2H3,(H2,9,10,12). The quantitative estimate of drug-likeness (QED) is 0.708. The summed E-state index contributed by atoms with van der Waals surface area (Å²) in [6.45, 7) is 5.84. The Morgan fingerprint density at radius 3 is 2.67 bits per heavy atom. The van der Waals surface area contributed by atoms with Gasteiger partial charge in [0.25, 0.3) is 0 Å². The van der Waals surface area contributed by atoms with Gasteiger partial charge in [0.15, 0.2) is 5.82 Å². The molecule has 0 fully saturated rings. The largest absolute Gasteiger partial charge is 0.384 e. The predicted octanol–water partition coefficient (Wildman–Crippen LogP) is 1.34. The van der Waals surface area contributed by atoms with E-state index in [4.69, 9.17) is 0 Å². The minimum atomic E-state index is 0.816. The van der Waals surface area contributed by atoms with E-state index >= 15 is 0 Å². The fourth-order valence-electron chi connectivity index (χ4n) is 0.935. The number of anilines is 2. The highest BCUT2D eigenvalue weighted by molar-refractivity contribution is 5.49. The first-order valence-electron chi connectivity index (χ1n) is 4.17. The van der Waals surface area contributed by atoms with Crippen molar-refractivity contribution in [1.82, 2.24) is 10.2 Å². The Bertz CT molecular complexity index is 215. The number of hydrogen-bond acceptors (Lipinski definition) is 4. The van der Waals surface area contributed by atoms with Crippen molar-refractivity contribution in [3.8, 4) is 0 Å². The summed E-state index contributed by atoms with van der Waals surface area (Å²) in [6.07, 6.45) is 1.71. The zero-order chi connectivity index (χ0) is 8.81. The van der Waals surface area contributed by atoms with Crippen molar-refractivity contribution in [2.45, 2.75) is 13.8 Å². The fraction of sp³-hybridized carbons (Fsp3) is 0.500. The smallest absolute Gasteiger partial charge is 0.150 e. The molecule has 4 nitrogen and oxygen atoms in total. The van der Waals surface area contributed by atoms with Crippen molar-refractivity contribution >= 4 is 11.5 Å². The third-order valence-electron chi connectivity index (χ3n) is 1.39. The summed E-state index contributed by atoms with van der Waals surface area (Å²) in [6, 6.07) is 1.94. The van der Waals surface area contributed by atoms with Crippen molar-refractivity contribution in [3.63, 3.8) is 0 Å². The Labute approximate surface area is 72.4 Å². The second kappa shape index (κ2) is 4.54. The Balaban J connectivity index is 2.67. The number of hydrogen-bond donors (Lipinski definition) is 2. The molecule has 1 heterocycles. The highest BCUT2D eigenvalue weighted by atomic mass is 15.2. The van der Waals surface area contributed by atoms with Gasteiger partial charge < -0.3 is 10.6 Å². The molecule has 0 radical (unpaired) electrons. The molecule has 1 rings (SSSR count). The molecular formula is C8H14N4.